The molecule has 4 bridgehead atoms. The molecule has 29 heavy (non-hydrogen) atoms. The molecule has 0 atom stereocenters. The lowest BCUT2D eigenvalue weighted by molar-refractivity contribution is -0.158. The summed E-state index contributed by atoms with van der Waals surface area (Å²) in [5.41, 5.74) is -0.0316. The van der Waals surface area contributed by atoms with Crippen molar-refractivity contribution in [1.29, 1.82) is 0 Å². The Kier molecular flexibility index (Phi) is 3.89. The minimum atomic E-state index is -0.0316. The second-order valence-corrected chi connectivity index (χ2v) is 9.57. The van der Waals surface area contributed by atoms with Crippen molar-refractivity contribution in [1.82, 2.24) is 29.9 Å². The molecule has 1 saturated heterocycles. The molecular formula is C21H27N7O. The fraction of sp³-hybridized carbons (Fsp3) is 0.667. The Labute approximate surface area is 170 Å². The van der Waals surface area contributed by atoms with Gasteiger partial charge in [-0.1, -0.05) is 0 Å². The molecule has 4 aliphatic carbocycles. The summed E-state index contributed by atoms with van der Waals surface area (Å²) in [6.45, 7) is 3.20. The van der Waals surface area contributed by atoms with Crippen molar-refractivity contribution in [3.63, 3.8) is 0 Å². The Morgan fingerprint density at radius 2 is 1.52 bits per heavy atom. The van der Waals surface area contributed by atoms with Crippen molar-refractivity contribution in [3.05, 3.63) is 24.8 Å². The minimum absolute atomic E-state index is 0.0316. The maximum absolute atomic E-state index is 13.5. The Hall–Kier alpha value is -2.51. The Morgan fingerprint density at radius 1 is 0.897 bits per heavy atom. The maximum atomic E-state index is 13.5. The molecule has 8 nitrogen and oxygen atoms in total. The van der Waals surface area contributed by atoms with E-state index >= 15 is 0 Å². The number of nitrogens with zero attached hydrogens (tertiary/aromatic N) is 7. The van der Waals surface area contributed by atoms with Crippen LogP contribution in [0.4, 0.5) is 5.82 Å². The first-order chi connectivity index (χ1) is 14.2. The summed E-state index contributed by atoms with van der Waals surface area (Å²) in [5, 5.41) is 12.7. The Bertz CT molecular complexity index is 851. The molecule has 3 heterocycles. The summed E-state index contributed by atoms with van der Waals surface area (Å²) in [5.74, 6) is 4.39. The lowest BCUT2D eigenvalue weighted by Crippen LogP contribution is -2.58. The van der Waals surface area contributed by atoms with Gasteiger partial charge < -0.3 is 9.80 Å². The van der Waals surface area contributed by atoms with Crippen LogP contribution in [-0.2, 0) is 4.79 Å². The van der Waals surface area contributed by atoms with E-state index < -0.39 is 0 Å². The number of aromatic nitrogens is 5. The van der Waals surface area contributed by atoms with Crippen LogP contribution in [0.1, 0.15) is 38.5 Å². The fourth-order valence-corrected chi connectivity index (χ4v) is 6.78. The van der Waals surface area contributed by atoms with Crippen molar-refractivity contribution < 1.29 is 4.79 Å². The van der Waals surface area contributed by atoms with Crippen LogP contribution in [0.25, 0.3) is 5.82 Å². The standard InChI is InChI=1S/C21H27N7O/c29-20(21-10-15-7-16(11-21)9-17(8-15)12-21)27-5-3-26(4-6-27)18-1-2-19(25-24-18)28-14-22-13-23-28/h1-2,13-17H,3-12H2. The molecule has 0 unspecified atom stereocenters. The van der Waals surface area contributed by atoms with Crippen LogP contribution in [0.5, 0.6) is 0 Å². The van der Waals surface area contributed by atoms with E-state index in [2.05, 4.69) is 30.1 Å². The van der Waals surface area contributed by atoms with Crippen molar-refractivity contribution in [2.24, 2.45) is 23.2 Å². The van der Waals surface area contributed by atoms with Crippen LogP contribution in [0.3, 0.4) is 0 Å². The highest BCUT2D eigenvalue weighted by Crippen LogP contribution is 2.60. The van der Waals surface area contributed by atoms with Gasteiger partial charge in [-0.2, -0.15) is 5.10 Å². The van der Waals surface area contributed by atoms with Gasteiger partial charge in [0.1, 0.15) is 12.7 Å². The first-order valence-corrected chi connectivity index (χ1v) is 10.9. The third kappa shape index (κ3) is 2.91. The molecule has 8 heteroatoms. The van der Waals surface area contributed by atoms with E-state index in [1.165, 1.54) is 25.6 Å². The molecule has 2 aromatic rings. The summed E-state index contributed by atoms with van der Waals surface area (Å²) in [4.78, 5) is 21.8. The van der Waals surface area contributed by atoms with Crippen LogP contribution < -0.4 is 4.90 Å². The number of amides is 1. The molecule has 7 rings (SSSR count). The summed E-state index contributed by atoms with van der Waals surface area (Å²) >= 11 is 0. The Morgan fingerprint density at radius 3 is 2.07 bits per heavy atom. The first-order valence-electron chi connectivity index (χ1n) is 10.9. The molecule has 0 aromatic carbocycles. The number of carbonyl (C=O) groups excluding carboxylic acids is 1. The average molecular weight is 393 g/mol. The lowest BCUT2D eigenvalue weighted by Gasteiger charge is -2.57. The van der Waals surface area contributed by atoms with Crippen LogP contribution in [-0.4, -0.2) is 61.9 Å². The van der Waals surface area contributed by atoms with E-state index in [4.69, 9.17) is 0 Å². The SMILES string of the molecule is O=C(N1CCN(c2ccc(-n3cncn3)nn2)CC1)C12CC3CC(CC(C3)C1)C2. The van der Waals surface area contributed by atoms with Crippen LogP contribution in [0.15, 0.2) is 24.8 Å². The molecule has 4 saturated carbocycles. The summed E-state index contributed by atoms with van der Waals surface area (Å²) in [6.07, 6.45) is 10.7. The highest BCUT2D eigenvalue weighted by Gasteiger charge is 2.55. The third-order valence-corrected chi connectivity index (χ3v) is 7.67. The summed E-state index contributed by atoms with van der Waals surface area (Å²) < 4.78 is 1.60. The largest absolute Gasteiger partial charge is 0.352 e. The van der Waals surface area contributed by atoms with Gasteiger partial charge in [0.2, 0.25) is 5.91 Å². The second-order valence-electron chi connectivity index (χ2n) is 9.57. The van der Waals surface area contributed by atoms with E-state index in [0.717, 1.165) is 69.0 Å². The maximum Gasteiger partial charge on any atom is 0.228 e. The molecule has 0 radical (unpaired) electrons. The number of hydrogen-bond acceptors (Lipinski definition) is 6. The summed E-state index contributed by atoms with van der Waals surface area (Å²) in [6, 6.07) is 3.88. The van der Waals surface area contributed by atoms with Gasteiger partial charge >= 0.3 is 0 Å². The zero-order valence-electron chi connectivity index (χ0n) is 16.7. The van der Waals surface area contributed by atoms with Gasteiger partial charge in [-0.15, -0.1) is 10.2 Å². The van der Waals surface area contributed by atoms with Gasteiger partial charge in [0.15, 0.2) is 11.6 Å². The van der Waals surface area contributed by atoms with Gasteiger partial charge in [-0.3, -0.25) is 4.79 Å². The van der Waals surface area contributed by atoms with E-state index in [-0.39, 0.29) is 5.41 Å². The first kappa shape index (κ1) is 17.4. The van der Waals surface area contributed by atoms with E-state index in [1.54, 1.807) is 11.0 Å². The van der Waals surface area contributed by atoms with E-state index in [1.807, 2.05) is 12.1 Å². The van der Waals surface area contributed by atoms with E-state index in [9.17, 15) is 4.79 Å². The van der Waals surface area contributed by atoms with Crippen LogP contribution in [0.2, 0.25) is 0 Å². The molecule has 0 N–H and O–H groups in total. The van der Waals surface area contributed by atoms with Gasteiger partial charge in [-0.25, -0.2) is 9.67 Å². The highest BCUT2D eigenvalue weighted by atomic mass is 16.2. The quantitative estimate of drug-likeness (QED) is 0.793. The molecule has 5 aliphatic rings. The Balaban J connectivity index is 1.11. The predicted octanol–water partition coefficient (Wildman–Crippen LogP) is 1.92. The summed E-state index contributed by atoms with van der Waals surface area (Å²) in [7, 11) is 0. The van der Waals surface area contributed by atoms with Gasteiger partial charge in [-0.05, 0) is 68.4 Å². The third-order valence-electron chi connectivity index (χ3n) is 7.67. The lowest BCUT2D eigenvalue weighted by atomic mass is 9.49. The molecule has 5 fully saturated rings. The number of piperazine rings is 1. The molecule has 2 aromatic heterocycles. The number of anilines is 1. The van der Waals surface area contributed by atoms with Crippen molar-refractivity contribution in [2.75, 3.05) is 31.1 Å². The number of carbonyl (C=O) groups is 1. The van der Waals surface area contributed by atoms with Gasteiger partial charge in [0.25, 0.3) is 0 Å². The van der Waals surface area contributed by atoms with Gasteiger partial charge in [0.05, 0.1) is 5.41 Å². The molecule has 1 aliphatic heterocycles. The smallest absolute Gasteiger partial charge is 0.228 e. The molecular weight excluding hydrogens is 366 g/mol. The van der Waals surface area contributed by atoms with Crippen LogP contribution >= 0.6 is 0 Å². The monoisotopic (exact) mass is 393 g/mol. The minimum Gasteiger partial charge on any atom is -0.352 e. The molecule has 0 spiro atoms. The zero-order valence-corrected chi connectivity index (χ0v) is 16.7. The normalized spacial score (nSPS) is 33.3. The molecule has 152 valence electrons. The molecule has 1 amide bonds. The van der Waals surface area contributed by atoms with Crippen molar-refractivity contribution in [3.8, 4) is 5.82 Å². The predicted molar refractivity (Wildman–Crippen MR) is 106 cm³/mol. The second kappa shape index (κ2) is 6.50. The van der Waals surface area contributed by atoms with Crippen molar-refractivity contribution >= 4 is 11.7 Å². The van der Waals surface area contributed by atoms with E-state index in [0.29, 0.717) is 11.7 Å². The number of rotatable bonds is 3. The fourth-order valence-electron chi connectivity index (χ4n) is 6.78. The number of hydrogen-bond donors (Lipinski definition) is 0. The average Bonchev–Trinajstić information content (AvgIpc) is 3.27. The van der Waals surface area contributed by atoms with Gasteiger partial charge in [0, 0.05) is 26.2 Å². The van der Waals surface area contributed by atoms with Crippen LogP contribution in [0, 0.1) is 23.2 Å². The van der Waals surface area contributed by atoms with Crippen molar-refractivity contribution in [2.45, 2.75) is 38.5 Å². The zero-order chi connectivity index (χ0) is 19.4. The highest BCUT2D eigenvalue weighted by molar-refractivity contribution is 5.83. The topological polar surface area (TPSA) is 80.0 Å².